The number of fused-ring (bicyclic) bond motifs is 1. The third-order valence-electron chi connectivity index (χ3n) is 2.40. The van der Waals surface area contributed by atoms with Crippen molar-refractivity contribution in [1.29, 1.82) is 0 Å². The lowest BCUT2D eigenvalue weighted by Crippen LogP contribution is -1.91. The molecule has 0 aliphatic carbocycles. The standard InChI is InChI=1S/C11H8ClIO2S/c1-7-2-3-8-6-9(16(12,14)15)4-5-10(8)11(7)13/h2-6H,1H3. The third kappa shape index (κ3) is 2.19. The van der Waals surface area contributed by atoms with Crippen molar-refractivity contribution in [3.05, 3.63) is 39.5 Å². The van der Waals surface area contributed by atoms with Crippen molar-refractivity contribution in [2.24, 2.45) is 0 Å². The number of hydrogen-bond donors (Lipinski definition) is 0. The molecule has 0 heterocycles. The molecule has 0 unspecified atom stereocenters. The Hall–Kier alpha value is -0.330. The van der Waals surface area contributed by atoms with Crippen molar-refractivity contribution in [3.63, 3.8) is 0 Å². The van der Waals surface area contributed by atoms with E-state index in [0.29, 0.717) is 0 Å². The Morgan fingerprint density at radius 3 is 2.50 bits per heavy atom. The molecule has 0 atom stereocenters. The molecule has 0 fully saturated rings. The molecule has 0 saturated heterocycles. The zero-order valence-electron chi connectivity index (χ0n) is 8.37. The van der Waals surface area contributed by atoms with Crippen LogP contribution in [0.5, 0.6) is 0 Å². The maximum Gasteiger partial charge on any atom is 0.261 e. The molecule has 0 N–H and O–H groups in total. The van der Waals surface area contributed by atoms with Gasteiger partial charge in [-0.1, -0.05) is 18.2 Å². The smallest absolute Gasteiger partial charge is 0.207 e. The van der Waals surface area contributed by atoms with Crippen LogP contribution in [0.2, 0.25) is 0 Å². The minimum atomic E-state index is -3.65. The van der Waals surface area contributed by atoms with Gasteiger partial charge in [-0.25, -0.2) is 8.42 Å². The zero-order valence-corrected chi connectivity index (χ0v) is 12.1. The summed E-state index contributed by atoms with van der Waals surface area (Å²) in [4.78, 5) is 0.140. The summed E-state index contributed by atoms with van der Waals surface area (Å²) in [6.45, 7) is 2.02. The minimum Gasteiger partial charge on any atom is -0.207 e. The first kappa shape index (κ1) is 12.1. The molecule has 84 valence electrons. The maximum absolute atomic E-state index is 11.2. The summed E-state index contributed by atoms with van der Waals surface area (Å²) in [5.41, 5.74) is 1.18. The fraction of sp³-hybridized carbons (Fsp3) is 0.0909. The van der Waals surface area contributed by atoms with Crippen LogP contribution >= 0.6 is 33.3 Å². The van der Waals surface area contributed by atoms with Crippen LogP contribution < -0.4 is 0 Å². The molecule has 2 rings (SSSR count). The van der Waals surface area contributed by atoms with E-state index in [1.807, 2.05) is 19.1 Å². The Bertz CT molecular complexity index is 665. The quantitative estimate of drug-likeness (QED) is 0.570. The van der Waals surface area contributed by atoms with Crippen molar-refractivity contribution < 1.29 is 8.42 Å². The summed E-state index contributed by atoms with van der Waals surface area (Å²) in [6, 6.07) is 8.79. The van der Waals surface area contributed by atoms with Gasteiger partial charge in [-0.05, 0) is 58.0 Å². The summed E-state index contributed by atoms with van der Waals surface area (Å²) in [7, 11) is 1.65. The van der Waals surface area contributed by atoms with Crippen LogP contribution in [0.4, 0.5) is 0 Å². The van der Waals surface area contributed by atoms with Crippen molar-refractivity contribution >= 4 is 53.1 Å². The SMILES string of the molecule is Cc1ccc2cc(S(=O)(=O)Cl)ccc2c1I. The molecule has 0 aromatic heterocycles. The Labute approximate surface area is 112 Å². The first-order valence-corrected chi connectivity index (χ1v) is 7.92. The third-order valence-corrected chi connectivity index (χ3v) is 5.18. The van der Waals surface area contributed by atoms with Crippen molar-refractivity contribution in [2.75, 3.05) is 0 Å². The van der Waals surface area contributed by atoms with E-state index >= 15 is 0 Å². The lowest BCUT2D eigenvalue weighted by atomic mass is 10.1. The van der Waals surface area contributed by atoms with Crippen molar-refractivity contribution in [2.45, 2.75) is 11.8 Å². The number of rotatable bonds is 1. The monoisotopic (exact) mass is 366 g/mol. The summed E-state index contributed by atoms with van der Waals surface area (Å²) in [6.07, 6.45) is 0. The second kappa shape index (κ2) is 4.16. The van der Waals surface area contributed by atoms with E-state index in [9.17, 15) is 8.42 Å². The Morgan fingerprint density at radius 2 is 1.88 bits per heavy atom. The van der Waals surface area contributed by atoms with Crippen LogP contribution in [0, 0.1) is 10.5 Å². The minimum absolute atomic E-state index is 0.140. The fourth-order valence-electron chi connectivity index (χ4n) is 1.53. The molecule has 0 aliphatic heterocycles. The average molecular weight is 367 g/mol. The van der Waals surface area contributed by atoms with E-state index in [0.717, 1.165) is 14.3 Å². The van der Waals surface area contributed by atoms with E-state index in [1.165, 1.54) is 11.6 Å². The second-order valence-electron chi connectivity index (χ2n) is 3.52. The maximum atomic E-state index is 11.2. The first-order chi connectivity index (χ1) is 7.39. The molecular formula is C11H8ClIO2S. The predicted molar refractivity (Wildman–Crippen MR) is 74.4 cm³/mol. The molecule has 0 saturated carbocycles. The number of halogens is 2. The molecule has 0 bridgehead atoms. The highest BCUT2D eigenvalue weighted by Crippen LogP contribution is 2.27. The van der Waals surface area contributed by atoms with Gasteiger partial charge >= 0.3 is 0 Å². The van der Waals surface area contributed by atoms with Crippen LogP contribution in [0.25, 0.3) is 10.8 Å². The van der Waals surface area contributed by atoms with Gasteiger partial charge in [0.2, 0.25) is 0 Å². The molecule has 2 nitrogen and oxygen atoms in total. The van der Waals surface area contributed by atoms with E-state index in [-0.39, 0.29) is 4.90 Å². The van der Waals surface area contributed by atoms with Crippen LogP contribution in [0.1, 0.15) is 5.56 Å². The Balaban J connectivity index is 2.80. The van der Waals surface area contributed by atoms with Gasteiger partial charge in [-0.15, -0.1) is 0 Å². The van der Waals surface area contributed by atoms with Gasteiger partial charge in [0.05, 0.1) is 4.90 Å². The normalized spacial score (nSPS) is 11.9. The van der Waals surface area contributed by atoms with Gasteiger partial charge in [-0.2, -0.15) is 0 Å². The Kier molecular flexibility index (Phi) is 3.16. The molecule has 16 heavy (non-hydrogen) atoms. The first-order valence-electron chi connectivity index (χ1n) is 4.53. The van der Waals surface area contributed by atoms with E-state index < -0.39 is 9.05 Å². The molecule has 0 spiro atoms. The zero-order chi connectivity index (χ0) is 11.9. The van der Waals surface area contributed by atoms with E-state index in [2.05, 4.69) is 22.6 Å². The molecule has 0 aliphatic rings. The predicted octanol–water partition coefficient (Wildman–Crippen LogP) is 3.68. The van der Waals surface area contributed by atoms with Gasteiger partial charge in [0.15, 0.2) is 0 Å². The van der Waals surface area contributed by atoms with Crippen LogP contribution in [0.15, 0.2) is 35.2 Å². The lowest BCUT2D eigenvalue weighted by molar-refractivity contribution is 0.609. The molecule has 5 heteroatoms. The summed E-state index contributed by atoms with van der Waals surface area (Å²) < 4.78 is 23.5. The van der Waals surface area contributed by atoms with Crippen molar-refractivity contribution in [3.8, 4) is 0 Å². The highest BCUT2D eigenvalue weighted by Gasteiger charge is 2.11. The molecular weight excluding hydrogens is 359 g/mol. The number of aryl methyl sites for hydroxylation is 1. The summed E-state index contributed by atoms with van der Waals surface area (Å²) >= 11 is 2.25. The summed E-state index contributed by atoms with van der Waals surface area (Å²) in [5, 5.41) is 1.93. The average Bonchev–Trinajstić information content (AvgIpc) is 2.22. The molecule has 2 aromatic carbocycles. The topological polar surface area (TPSA) is 34.1 Å². The molecule has 0 radical (unpaired) electrons. The highest BCUT2D eigenvalue weighted by molar-refractivity contribution is 14.1. The van der Waals surface area contributed by atoms with E-state index in [4.69, 9.17) is 10.7 Å². The second-order valence-corrected chi connectivity index (χ2v) is 7.16. The van der Waals surface area contributed by atoms with Crippen LogP contribution in [0.3, 0.4) is 0 Å². The van der Waals surface area contributed by atoms with Gasteiger partial charge < -0.3 is 0 Å². The molecule has 0 amide bonds. The van der Waals surface area contributed by atoms with Crippen LogP contribution in [-0.4, -0.2) is 8.42 Å². The summed E-state index contributed by atoms with van der Waals surface area (Å²) in [5.74, 6) is 0. The number of hydrogen-bond acceptors (Lipinski definition) is 2. The van der Waals surface area contributed by atoms with Gasteiger partial charge in [0.1, 0.15) is 0 Å². The van der Waals surface area contributed by atoms with E-state index in [1.54, 1.807) is 12.1 Å². The van der Waals surface area contributed by atoms with Crippen LogP contribution in [-0.2, 0) is 9.05 Å². The Morgan fingerprint density at radius 1 is 1.19 bits per heavy atom. The van der Waals surface area contributed by atoms with Gasteiger partial charge in [-0.3, -0.25) is 0 Å². The largest absolute Gasteiger partial charge is 0.261 e. The number of benzene rings is 2. The highest BCUT2D eigenvalue weighted by atomic mass is 127. The lowest BCUT2D eigenvalue weighted by Gasteiger charge is -2.05. The van der Waals surface area contributed by atoms with Crippen molar-refractivity contribution in [1.82, 2.24) is 0 Å². The van der Waals surface area contributed by atoms with Gasteiger partial charge in [0, 0.05) is 14.3 Å². The molecule has 2 aromatic rings. The fourth-order valence-corrected chi connectivity index (χ4v) is 2.99. The van der Waals surface area contributed by atoms with Gasteiger partial charge in [0.25, 0.3) is 9.05 Å².